The van der Waals surface area contributed by atoms with Gasteiger partial charge in [-0.25, -0.2) is 0 Å². The molecule has 0 unspecified atom stereocenters. The number of hydrogen-bond donors (Lipinski definition) is 6. The lowest BCUT2D eigenvalue weighted by atomic mass is 9.86. The zero-order chi connectivity index (χ0) is 88.6. The number of aliphatic hydroxyl groups is 6. The van der Waals surface area contributed by atoms with E-state index in [1.165, 1.54) is 25.3 Å². The predicted octanol–water partition coefficient (Wildman–Crippen LogP) is 6.42. The van der Waals surface area contributed by atoms with E-state index in [1.807, 2.05) is 118 Å². The highest BCUT2D eigenvalue weighted by Gasteiger charge is 2.70. The summed E-state index contributed by atoms with van der Waals surface area (Å²) >= 11 is 0. The van der Waals surface area contributed by atoms with Crippen LogP contribution in [0.5, 0.6) is 0 Å². The molecule has 686 valence electrons. The van der Waals surface area contributed by atoms with E-state index in [9.17, 15) is 35.4 Å². The first-order valence-corrected chi connectivity index (χ1v) is 41.3. The Labute approximate surface area is 697 Å². The molecule has 6 N–H and O–H groups in total. The molecule has 30 atom stereocenters. The Hall–Kier alpha value is -2.47. The number of aldehydes is 1. The molecule has 14 aliphatic rings. The molecule has 0 aromatic rings. The van der Waals surface area contributed by atoms with E-state index < -0.39 is 155 Å². The molecule has 35 heteroatoms. The minimum Gasteiger partial charge on any atom is -0.393 e. The SMILES string of the molecule is C=C[C@@H](O)[C@@]1(CC)O[C@@H]2OC(C)(C)O[C@@H]2[C@@H]1OC.C=C[C@@H](O)[C@@]1(CO)O[C@@H]2OC(C)(C)O[C@@H]2[C@@H]1OC.C=C[C@H](O)[C@@]1(CC)O[C@@H]2OC(C)(C)O[C@@H]2[C@@H]1OC.CCC1(CC)O[C@@H]2OC(C)(C)O[C@@H]2[C@@H]1OC.CC[C@@]1(CO)O[C@@H]2OC(C)(C)O[C@@H]2[C@@H]1OC.CC[C@]1(C=O)O[C@@H]2OC(C)(C)O[C@@H]2[C@@H]1OC.CC[C@]1(CO)O[C@@H]2OC(C)(C)O[C@@H]2[C@@H]1OC. The first-order chi connectivity index (χ1) is 55.1. The second kappa shape index (κ2) is 38.6. The van der Waals surface area contributed by atoms with Gasteiger partial charge in [0.25, 0.3) is 0 Å². The van der Waals surface area contributed by atoms with Crippen LogP contribution in [-0.4, -0.2) is 334 Å². The van der Waals surface area contributed by atoms with Gasteiger partial charge >= 0.3 is 0 Å². The third-order valence-electron chi connectivity index (χ3n) is 24.6. The number of carbonyl (C=O) groups excluding carboxylic acids is 1. The summed E-state index contributed by atoms with van der Waals surface area (Å²) < 4.78 is 159. The van der Waals surface area contributed by atoms with E-state index in [4.69, 9.17) is 133 Å². The Kier molecular flexibility index (Phi) is 33.0. The number of aliphatic hydroxyl groups excluding tert-OH is 6. The molecule has 14 aliphatic heterocycles. The van der Waals surface area contributed by atoms with Crippen LogP contribution in [-0.2, 0) is 137 Å². The lowest BCUT2D eigenvalue weighted by Crippen LogP contribution is -2.56. The van der Waals surface area contributed by atoms with Gasteiger partial charge in [0, 0.05) is 49.8 Å². The van der Waals surface area contributed by atoms with Gasteiger partial charge in [-0.05, 0) is 142 Å². The maximum absolute atomic E-state index is 11.2. The average molecular weight is 1700 g/mol. The molecule has 0 saturated carbocycles. The standard InChI is InChI=1S/2C13H22O5.C12H20O6.C12H22O4.2C11H20O5.C11H18O5/c2*1-6-8(14)13(7-2)10(15-5)9-11(18-13)17-12(3,4)16-9;1-5-7(14)12(6-13)9(15-4)8-10(18-12)17-11(2,3)16-8;1-6-12(7-2)9(13-5)8-10(16-12)15-11(3,4)14-8;3*1-5-11(6-12)8(13-4)7-9(16-11)15-10(2,3)14-7/h2*6,8-11,14H,1,7H2,2-5H3;5,7-10,13-14H,1,6H2,2-4H3;8-10H,6-7H2,1-5H3;2*7-9,12H,5-6H2,1-4H3;6-9H,5H2,1-4H3/t8-,9+,10-,11-,13+;8-,9-,10+,11+,13-;7-,8-,9+,10+,12-;8-,9+,10+;7-,8+,9+,11+;2*7-,8+,9+,11-/m0111111/s1. The highest BCUT2D eigenvalue weighted by Crippen LogP contribution is 2.53. The fourth-order valence-electron chi connectivity index (χ4n) is 18.6. The van der Waals surface area contributed by atoms with Crippen LogP contribution in [0.2, 0.25) is 0 Å². The number of rotatable bonds is 24. The second-order valence-corrected chi connectivity index (χ2v) is 34.8. The predicted molar refractivity (Wildman–Crippen MR) is 417 cm³/mol. The lowest BCUT2D eigenvalue weighted by molar-refractivity contribution is -0.263. The topological polar surface area (TPSA) is 397 Å². The van der Waals surface area contributed by atoms with Crippen molar-refractivity contribution in [3.8, 4) is 0 Å². The van der Waals surface area contributed by atoms with Crippen molar-refractivity contribution in [3.63, 3.8) is 0 Å². The summed E-state index contributed by atoms with van der Waals surface area (Å²) in [6, 6.07) is 0. The molecular weight excluding hydrogens is 1560 g/mol. The monoisotopic (exact) mass is 1700 g/mol. The fourth-order valence-corrected chi connectivity index (χ4v) is 18.6. The van der Waals surface area contributed by atoms with Crippen LogP contribution in [0, 0.1) is 0 Å². The average Bonchev–Trinajstić information content (AvgIpc) is 1.50. The summed E-state index contributed by atoms with van der Waals surface area (Å²) in [7, 11) is 11.1. The summed E-state index contributed by atoms with van der Waals surface area (Å²) in [4.78, 5) is 11.2. The number of carbonyl (C=O) groups is 1. The highest BCUT2D eigenvalue weighted by atomic mass is 16.9. The first kappa shape index (κ1) is 101. The maximum Gasteiger partial charge on any atom is 0.191 e. The van der Waals surface area contributed by atoms with Gasteiger partial charge in [-0.15, -0.1) is 19.7 Å². The Morgan fingerprint density at radius 2 is 0.483 bits per heavy atom. The maximum atomic E-state index is 11.2. The van der Waals surface area contributed by atoms with Gasteiger partial charge in [0.2, 0.25) is 0 Å². The summed E-state index contributed by atoms with van der Waals surface area (Å²) in [5, 5.41) is 58.9. The van der Waals surface area contributed by atoms with E-state index in [2.05, 4.69) is 33.6 Å². The van der Waals surface area contributed by atoms with E-state index in [0.29, 0.717) is 32.1 Å². The molecule has 0 aliphatic carbocycles. The van der Waals surface area contributed by atoms with Crippen LogP contribution < -0.4 is 0 Å². The van der Waals surface area contributed by atoms with Gasteiger partial charge < -0.3 is 168 Å². The zero-order valence-corrected chi connectivity index (χ0v) is 74.9. The molecule has 0 aromatic heterocycles. The normalized spacial score (nSPS) is 44.1. The molecule has 14 rings (SSSR count). The smallest absolute Gasteiger partial charge is 0.191 e. The molecule has 0 bridgehead atoms. The molecule has 14 heterocycles. The van der Waals surface area contributed by atoms with Crippen LogP contribution in [0.4, 0.5) is 0 Å². The summed E-state index contributed by atoms with van der Waals surface area (Å²) in [5.74, 6) is -4.71. The molecule has 0 amide bonds. The Bertz CT molecular complexity index is 2940. The summed E-state index contributed by atoms with van der Waals surface area (Å²) in [5.41, 5.74) is -5.64. The molecule has 14 fully saturated rings. The van der Waals surface area contributed by atoms with Crippen LogP contribution >= 0.6 is 0 Å². The molecule has 0 aromatic carbocycles. The lowest BCUT2D eigenvalue weighted by Gasteiger charge is -2.37. The Morgan fingerprint density at radius 1 is 0.271 bits per heavy atom. The number of fused-ring (bicyclic) bond motifs is 7. The van der Waals surface area contributed by atoms with Crippen LogP contribution in [0.25, 0.3) is 0 Å². The molecule has 0 spiro atoms. The Morgan fingerprint density at radius 3 is 0.703 bits per heavy atom. The van der Waals surface area contributed by atoms with Gasteiger partial charge in [0.15, 0.2) is 102 Å². The summed E-state index contributed by atoms with van der Waals surface area (Å²) in [6.45, 7) is 49.7. The van der Waals surface area contributed by atoms with E-state index >= 15 is 0 Å². The van der Waals surface area contributed by atoms with E-state index in [-0.39, 0.29) is 92.2 Å². The Balaban J connectivity index is 0.000000172. The quantitative estimate of drug-likeness (QED) is 0.0448. The van der Waals surface area contributed by atoms with Crippen molar-refractivity contribution >= 4 is 6.29 Å². The molecule has 118 heavy (non-hydrogen) atoms. The van der Waals surface area contributed by atoms with Crippen LogP contribution in [0.15, 0.2) is 38.0 Å². The fraction of sp³-hybridized carbons (Fsp3) is 0.916. The number of ether oxygens (including phenoxy) is 28. The largest absolute Gasteiger partial charge is 0.393 e. The second-order valence-electron chi connectivity index (χ2n) is 34.8. The van der Waals surface area contributed by atoms with Crippen molar-refractivity contribution in [2.75, 3.05) is 69.6 Å². The van der Waals surface area contributed by atoms with Crippen molar-refractivity contribution in [1.29, 1.82) is 0 Å². The van der Waals surface area contributed by atoms with Gasteiger partial charge in [-0.3, -0.25) is 0 Å². The molecular formula is C83H144O35. The van der Waals surface area contributed by atoms with Crippen LogP contribution in [0.1, 0.15) is 190 Å². The van der Waals surface area contributed by atoms with Gasteiger partial charge in [0.05, 0.1) is 25.4 Å². The van der Waals surface area contributed by atoms with Gasteiger partial charge in [-0.1, -0.05) is 66.7 Å². The highest BCUT2D eigenvalue weighted by molar-refractivity contribution is 5.65. The van der Waals surface area contributed by atoms with Crippen molar-refractivity contribution < 1.29 is 168 Å². The van der Waals surface area contributed by atoms with Crippen molar-refractivity contribution in [3.05, 3.63) is 38.0 Å². The number of methoxy groups -OCH3 is 7. The molecule has 35 nitrogen and oxygen atoms in total. The van der Waals surface area contributed by atoms with Gasteiger partial charge in [0.1, 0.15) is 126 Å². The van der Waals surface area contributed by atoms with Gasteiger partial charge in [-0.2, -0.15) is 0 Å². The zero-order valence-electron chi connectivity index (χ0n) is 74.9. The third kappa shape index (κ3) is 19.5. The minimum atomic E-state index is -1.30. The summed E-state index contributed by atoms with van der Waals surface area (Å²) in [6.07, 6.45) is -0.940. The first-order valence-electron chi connectivity index (χ1n) is 41.3. The van der Waals surface area contributed by atoms with Crippen molar-refractivity contribution in [2.45, 2.75) is 418 Å². The van der Waals surface area contributed by atoms with Crippen LogP contribution in [0.3, 0.4) is 0 Å². The van der Waals surface area contributed by atoms with Crippen molar-refractivity contribution in [2.24, 2.45) is 0 Å². The molecule has 14 saturated heterocycles. The van der Waals surface area contributed by atoms with E-state index in [0.717, 1.165) is 19.1 Å². The molecule has 0 radical (unpaired) electrons. The minimum absolute atomic E-state index is 0.0470. The van der Waals surface area contributed by atoms with E-state index in [1.54, 1.807) is 56.5 Å². The third-order valence-corrected chi connectivity index (χ3v) is 24.6. The van der Waals surface area contributed by atoms with Crippen molar-refractivity contribution in [1.82, 2.24) is 0 Å². The number of hydrogen-bond acceptors (Lipinski definition) is 35.